The van der Waals surface area contributed by atoms with Crippen LogP contribution in [0.25, 0.3) is 0 Å². The summed E-state index contributed by atoms with van der Waals surface area (Å²) in [6, 6.07) is 0. The molecule has 0 aromatic rings. The number of amides is 1. The third-order valence-corrected chi connectivity index (χ3v) is 3.30. The van der Waals surface area contributed by atoms with Gasteiger partial charge in [-0.25, -0.2) is 13.6 Å². The van der Waals surface area contributed by atoms with Crippen LogP contribution in [0.2, 0.25) is 0 Å². The maximum Gasteiger partial charge on any atom is 0.410 e. The lowest BCUT2D eigenvalue weighted by molar-refractivity contribution is -0.155. The van der Waals surface area contributed by atoms with Gasteiger partial charge in [-0.15, -0.1) is 0 Å². The summed E-state index contributed by atoms with van der Waals surface area (Å²) < 4.78 is 29.7. The Morgan fingerprint density at radius 2 is 2.00 bits per heavy atom. The minimum Gasteiger partial charge on any atom is -0.481 e. The Morgan fingerprint density at radius 3 is 2.42 bits per heavy atom. The van der Waals surface area contributed by atoms with Gasteiger partial charge in [0.2, 0.25) is 6.43 Å². The number of hydrogen-bond donors (Lipinski definition) is 1. The van der Waals surface area contributed by atoms with Crippen molar-refractivity contribution in [1.29, 1.82) is 0 Å². The number of carboxylic acid groups (broad SMARTS) is 1. The van der Waals surface area contributed by atoms with Crippen molar-refractivity contribution in [3.63, 3.8) is 0 Å². The standard InChI is InChI=1S/C12H17F2NO4/c1-2-7-19-11(18)15-5-3-12(4-6-15,10(16)17)8-9(13)14/h2,9H,1,3-8H2,(H,16,17). The summed E-state index contributed by atoms with van der Waals surface area (Å²) in [7, 11) is 0. The van der Waals surface area contributed by atoms with Crippen LogP contribution in [0.3, 0.4) is 0 Å². The fourth-order valence-electron chi connectivity index (χ4n) is 2.14. The van der Waals surface area contributed by atoms with Crippen molar-refractivity contribution in [2.24, 2.45) is 5.41 Å². The first-order valence-corrected chi connectivity index (χ1v) is 5.95. The molecule has 0 aliphatic carbocycles. The van der Waals surface area contributed by atoms with Crippen LogP contribution in [0.4, 0.5) is 13.6 Å². The van der Waals surface area contributed by atoms with Crippen molar-refractivity contribution in [3.8, 4) is 0 Å². The molecule has 0 spiro atoms. The average Bonchev–Trinajstić information content (AvgIpc) is 2.35. The van der Waals surface area contributed by atoms with Gasteiger partial charge in [0, 0.05) is 19.5 Å². The topological polar surface area (TPSA) is 66.8 Å². The summed E-state index contributed by atoms with van der Waals surface area (Å²) in [5, 5.41) is 9.12. The molecule has 1 saturated heterocycles. The number of rotatable bonds is 5. The highest BCUT2D eigenvalue weighted by atomic mass is 19.3. The molecule has 1 fully saturated rings. The summed E-state index contributed by atoms with van der Waals surface area (Å²) >= 11 is 0. The Bertz CT molecular complexity index is 352. The zero-order chi connectivity index (χ0) is 14.5. The van der Waals surface area contributed by atoms with Gasteiger partial charge in [-0.05, 0) is 12.8 Å². The SMILES string of the molecule is C=CCOC(=O)N1CCC(CC(F)F)(C(=O)O)CC1. The minimum absolute atomic E-state index is 0.00978. The second-order valence-electron chi connectivity index (χ2n) is 4.53. The molecule has 108 valence electrons. The monoisotopic (exact) mass is 277 g/mol. The highest BCUT2D eigenvalue weighted by molar-refractivity contribution is 5.75. The van der Waals surface area contributed by atoms with Crippen LogP contribution in [0.1, 0.15) is 19.3 Å². The first kappa shape index (κ1) is 15.4. The lowest BCUT2D eigenvalue weighted by atomic mass is 9.76. The largest absolute Gasteiger partial charge is 0.481 e. The van der Waals surface area contributed by atoms with E-state index < -0.39 is 30.3 Å². The molecule has 0 atom stereocenters. The Morgan fingerprint density at radius 1 is 1.42 bits per heavy atom. The summed E-state index contributed by atoms with van der Waals surface area (Å²) in [6.07, 6.45) is -2.49. The lowest BCUT2D eigenvalue weighted by Crippen LogP contribution is -2.47. The molecule has 0 saturated carbocycles. The molecule has 19 heavy (non-hydrogen) atoms. The zero-order valence-corrected chi connectivity index (χ0v) is 10.5. The van der Waals surface area contributed by atoms with Crippen molar-refractivity contribution in [3.05, 3.63) is 12.7 Å². The fraction of sp³-hybridized carbons (Fsp3) is 0.667. The number of alkyl halides is 2. The van der Waals surface area contributed by atoms with Crippen LogP contribution in [0.15, 0.2) is 12.7 Å². The van der Waals surface area contributed by atoms with E-state index in [9.17, 15) is 18.4 Å². The maximum atomic E-state index is 12.5. The predicted molar refractivity (Wildman–Crippen MR) is 63.0 cm³/mol. The van der Waals surface area contributed by atoms with Gasteiger partial charge < -0.3 is 14.7 Å². The number of carbonyl (C=O) groups excluding carboxylic acids is 1. The van der Waals surface area contributed by atoms with Crippen LogP contribution in [0, 0.1) is 5.41 Å². The molecule has 5 nitrogen and oxygen atoms in total. The third kappa shape index (κ3) is 3.90. The van der Waals surface area contributed by atoms with E-state index in [1.165, 1.54) is 11.0 Å². The van der Waals surface area contributed by atoms with Crippen molar-refractivity contribution in [1.82, 2.24) is 4.90 Å². The Kier molecular flexibility index (Phi) is 5.26. The van der Waals surface area contributed by atoms with Crippen LogP contribution in [0.5, 0.6) is 0 Å². The quantitative estimate of drug-likeness (QED) is 0.782. The summed E-state index contributed by atoms with van der Waals surface area (Å²) in [5.41, 5.74) is -1.44. The van der Waals surface area contributed by atoms with E-state index in [1.807, 2.05) is 0 Å². The molecule has 1 aliphatic rings. The number of carbonyl (C=O) groups is 2. The predicted octanol–water partition coefficient (Wildman–Crippen LogP) is 2.13. The Balaban J connectivity index is 2.60. The second kappa shape index (κ2) is 6.49. The van der Waals surface area contributed by atoms with E-state index in [-0.39, 0.29) is 32.5 Å². The van der Waals surface area contributed by atoms with Gasteiger partial charge in [-0.3, -0.25) is 4.79 Å². The second-order valence-corrected chi connectivity index (χ2v) is 4.53. The number of ether oxygens (including phenoxy) is 1. The van der Waals surface area contributed by atoms with Gasteiger partial charge >= 0.3 is 12.1 Å². The summed E-state index contributed by atoms with van der Waals surface area (Å²) in [5.74, 6) is -1.23. The number of hydrogen-bond acceptors (Lipinski definition) is 3. The maximum absolute atomic E-state index is 12.5. The molecule has 1 aliphatic heterocycles. The molecule has 0 aromatic carbocycles. The van der Waals surface area contributed by atoms with E-state index in [2.05, 4.69) is 6.58 Å². The van der Waals surface area contributed by atoms with Crippen LogP contribution in [-0.2, 0) is 9.53 Å². The van der Waals surface area contributed by atoms with E-state index in [4.69, 9.17) is 9.84 Å². The zero-order valence-electron chi connectivity index (χ0n) is 10.5. The van der Waals surface area contributed by atoms with E-state index >= 15 is 0 Å². The first-order chi connectivity index (χ1) is 8.91. The van der Waals surface area contributed by atoms with Gasteiger partial charge in [0.25, 0.3) is 0 Å². The highest BCUT2D eigenvalue weighted by Gasteiger charge is 2.44. The number of carboxylic acids is 1. The van der Waals surface area contributed by atoms with Gasteiger partial charge in [-0.1, -0.05) is 12.7 Å². The number of nitrogens with zero attached hydrogens (tertiary/aromatic N) is 1. The van der Waals surface area contributed by atoms with Crippen molar-refractivity contribution < 1.29 is 28.2 Å². The third-order valence-electron chi connectivity index (χ3n) is 3.30. The van der Waals surface area contributed by atoms with E-state index in [0.717, 1.165) is 0 Å². The molecular weight excluding hydrogens is 260 g/mol. The van der Waals surface area contributed by atoms with Gasteiger partial charge in [0.05, 0.1) is 5.41 Å². The average molecular weight is 277 g/mol. The first-order valence-electron chi connectivity index (χ1n) is 5.95. The molecule has 1 amide bonds. The Hall–Kier alpha value is -1.66. The summed E-state index contributed by atoms with van der Waals surface area (Å²) in [6.45, 7) is 3.68. The lowest BCUT2D eigenvalue weighted by Gasteiger charge is -2.38. The molecule has 1 rings (SSSR count). The molecule has 7 heteroatoms. The van der Waals surface area contributed by atoms with Gasteiger partial charge in [0.1, 0.15) is 6.61 Å². The smallest absolute Gasteiger partial charge is 0.410 e. The number of likely N-dealkylation sites (tertiary alicyclic amines) is 1. The minimum atomic E-state index is -2.67. The molecule has 0 radical (unpaired) electrons. The van der Waals surface area contributed by atoms with Crippen molar-refractivity contribution in [2.75, 3.05) is 19.7 Å². The number of aliphatic carboxylic acids is 1. The summed E-state index contributed by atoms with van der Waals surface area (Å²) in [4.78, 5) is 24.0. The van der Waals surface area contributed by atoms with Crippen LogP contribution < -0.4 is 0 Å². The molecule has 0 unspecified atom stereocenters. The van der Waals surface area contributed by atoms with Crippen LogP contribution in [-0.4, -0.2) is 48.2 Å². The molecule has 0 aromatic heterocycles. The van der Waals surface area contributed by atoms with E-state index in [0.29, 0.717) is 0 Å². The van der Waals surface area contributed by atoms with E-state index in [1.54, 1.807) is 0 Å². The Labute approximate surface area is 109 Å². The highest BCUT2D eigenvalue weighted by Crippen LogP contribution is 2.37. The van der Waals surface area contributed by atoms with Crippen molar-refractivity contribution >= 4 is 12.1 Å². The van der Waals surface area contributed by atoms with Crippen molar-refractivity contribution in [2.45, 2.75) is 25.7 Å². The number of halogens is 2. The molecule has 0 bridgehead atoms. The molecular formula is C12H17F2NO4. The van der Waals surface area contributed by atoms with Crippen LogP contribution >= 0.6 is 0 Å². The number of piperidine rings is 1. The van der Waals surface area contributed by atoms with Gasteiger partial charge in [-0.2, -0.15) is 0 Å². The molecule has 1 N–H and O–H groups in total. The van der Waals surface area contributed by atoms with Gasteiger partial charge in [0.15, 0.2) is 0 Å². The normalized spacial score (nSPS) is 18.2. The molecule has 1 heterocycles. The fourth-order valence-corrected chi connectivity index (χ4v) is 2.14.